The van der Waals surface area contributed by atoms with Gasteiger partial charge in [-0.05, 0) is 55.1 Å². The minimum atomic E-state index is 0.340. The van der Waals surface area contributed by atoms with Crippen molar-refractivity contribution < 1.29 is 5.11 Å². The van der Waals surface area contributed by atoms with E-state index in [1.165, 1.54) is 11.1 Å². The minimum Gasteiger partial charge on any atom is -0.508 e. The first-order valence-electron chi connectivity index (χ1n) is 9.09. The van der Waals surface area contributed by atoms with E-state index in [2.05, 4.69) is 33.5 Å². The van der Waals surface area contributed by atoms with Gasteiger partial charge in [0.05, 0.1) is 5.70 Å². The van der Waals surface area contributed by atoms with Gasteiger partial charge in [-0.25, -0.2) is 5.53 Å². The molecule has 0 spiro atoms. The first-order chi connectivity index (χ1) is 12.7. The fourth-order valence-corrected chi connectivity index (χ4v) is 3.43. The predicted molar refractivity (Wildman–Crippen MR) is 103 cm³/mol. The number of phenols is 1. The lowest BCUT2D eigenvalue weighted by Crippen LogP contribution is -2.34. The molecule has 136 valence electrons. The molecule has 3 rings (SSSR count). The highest BCUT2D eigenvalue weighted by Gasteiger charge is 2.21. The van der Waals surface area contributed by atoms with Gasteiger partial charge >= 0.3 is 0 Å². The number of rotatable bonds is 7. The van der Waals surface area contributed by atoms with E-state index in [-0.39, 0.29) is 0 Å². The number of benzene rings is 2. The molecule has 0 saturated carbocycles. The van der Waals surface area contributed by atoms with Gasteiger partial charge in [-0.3, -0.25) is 4.90 Å². The van der Waals surface area contributed by atoms with Crippen LogP contribution in [0.15, 0.2) is 71.6 Å². The lowest BCUT2D eigenvalue weighted by molar-refractivity contribution is 0.226. The van der Waals surface area contributed by atoms with E-state index >= 15 is 0 Å². The van der Waals surface area contributed by atoms with Crippen molar-refractivity contribution in [2.24, 2.45) is 5.11 Å². The zero-order valence-corrected chi connectivity index (χ0v) is 14.9. The third kappa shape index (κ3) is 5.17. The van der Waals surface area contributed by atoms with Crippen molar-refractivity contribution in [3.05, 3.63) is 77.6 Å². The Kier molecular flexibility index (Phi) is 6.39. The number of nitrogens with zero attached hydrogens (tertiary/aromatic N) is 2. The zero-order chi connectivity index (χ0) is 18.2. The topological polar surface area (TPSA) is 71.7 Å². The Morgan fingerprint density at radius 3 is 2.62 bits per heavy atom. The summed E-state index contributed by atoms with van der Waals surface area (Å²) in [6.45, 7) is 3.38. The van der Waals surface area contributed by atoms with E-state index in [4.69, 9.17) is 5.53 Å². The second-order valence-corrected chi connectivity index (χ2v) is 6.76. The van der Waals surface area contributed by atoms with Gasteiger partial charge in [0, 0.05) is 19.3 Å². The second kappa shape index (κ2) is 9.15. The van der Waals surface area contributed by atoms with Gasteiger partial charge in [0.25, 0.3) is 0 Å². The maximum absolute atomic E-state index is 9.65. The van der Waals surface area contributed by atoms with E-state index in [1.54, 1.807) is 6.07 Å². The standard InChI is InChI=1S/C21H26N4O/c22-24-20(15-23-14-17-5-2-1-3-6-17)16-25-11-9-18(10-12-25)19-7-4-8-21(26)13-19/h1-8,13,15,18,22-23,26H,9-12,14,16H2/b20-15-,24-22?. The van der Waals surface area contributed by atoms with Gasteiger partial charge in [0.1, 0.15) is 5.75 Å². The van der Waals surface area contributed by atoms with Crippen molar-refractivity contribution >= 4 is 0 Å². The molecule has 0 bridgehead atoms. The van der Waals surface area contributed by atoms with E-state index in [0.29, 0.717) is 18.2 Å². The molecule has 2 aromatic rings. The highest BCUT2D eigenvalue weighted by molar-refractivity contribution is 5.30. The molecular formula is C21H26N4O. The molecular weight excluding hydrogens is 324 g/mol. The van der Waals surface area contributed by atoms with Gasteiger partial charge in [-0.15, -0.1) is 0 Å². The number of aromatic hydroxyl groups is 1. The largest absolute Gasteiger partial charge is 0.508 e. The molecule has 0 aromatic heterocycles. The molecule has 3 N–H and O–H groups in total. The molecule has 5 nitrogen and oxygen atoms in total. The van der Waals surface area contributed by atoms with Gasteiger partial charge in [-0.1, -0.05) is 42.5 Å². The summed E-state index contributed by atoms with van der Waals surface area (Å²) in [5, 5.41) is 16.6. The Balaban J connectivity index is 1.47. The van der Waals surface area contributed by atoms with Gasteiger partial charge in [0.15, 0.2) is 0 Å². The smallest absolute Gasteiger partial charge is 0.115 e. The fraction of sp³-hybridized carbons (Fsp3) is 0.333. The molecule has 1 aliphatic rings. The third-order valence-corrected chi connectivity index (χ3v) is 4.88. The van der Waals surface area contributed by atoms with Gasteiger partial charge in [-0.2, -0.15) is 5.11 Å². The number of piperidine rings is 1. The van der Waals surface area contributed by atoms with Crippen LogP contribution in [0.2, 0.25) is 0 Å². The highest BCUT2D eigenvalue weighted by Crippen LogP contribution is 2.29. The van der Waals surface area contributed by atoms with Crippen LogP contribution in [-0.2, 0) is 6.54 Å². The van der Waals surface area contributed by atoms with Crippen LogP contribution in [0.4, 0.5) is 0 Å². The summed E-state index contributed by atoms with van der Waals surface area (Å²) < 4.78 is 0. The van der Waals surface area contributed by atoms with Crippen molar-refractivity contribution in [3.63, 3.8) is 0 Å². The molecule has 2 aromatic carbocycles. The molecule has 0 atom stereocenters. The number of phenolic OH excluding ortho intramolecular Hbond substituents is 1. The average molecular weight is 350 g/mol. The minimum absolute atomic E-state index is 0.340. The molecule has 0 aliphatic carbocycles. The van der Waals surface area contributed by atoms with E-state index < -0.39 is 0 Å². The molecule has 26 heavy (non-hydrogen) atoms. The van der Waals surface area contributed by atoms with Crippen LogP contribution >= 0.6 is 0 Å². The summed E-state index contributed by atoms with van der Waals surface area (Å²) in [6, 6.07) is 17.8. The lowest BCUT2D eigenvalue weighted by atomic mass is 9.89. The third-order valence-electron chi connectivity index (χ3n) is 4.88. The zero-order valence-electron chi connectivity index (χ0n) is 14.9. The van der Waals surface area contributed by atoms with Crippen LogP contribution in [0, 0.1) is 5.53 Å². The highest BCUT2D eigenvalue weighted by atomic mass is 16.3. The van der Waals surface area contributed by atoms with Gasteiger partial charge in [0.2, 0.25) is 0 Å². The van der Waals surface area contributed by atoms with Crippen molar-refractivity contribution in [1.82, 2.24) is 10.2 Å². The Bertz CT molecular complexity index is 737. The first kappa shape index (κ1) is 18.1. The lowest BCUT2D eigenvalue weighted by Gasteiger charge is -2.32. The summed E-state index contributed by atoms with van der Waals surface area (Å²) >= 11 is 0. The number of hydrogen-bond acceptors (Lipinski definition) is 5. The van der Waals surface area contributed by atoms with E-state index in [1.807, 2.05) is 36.5 Å². The maximum Gasteiger partial charge on any atom is 0.115 e. The molecule has 1 saturated heterocycles. The normalized spacial score (nSPS) is 16.4. The molecule has 1 fully saturated rings. The Hall–Kier alpha value is -2.66. The van der Waals surface area contributed by atoms with Crippen molar-refractivity contribution in [3.8, 4) is 5.75 Å². The molecule has 5 heteroatoms. The Morgan fingerprint density at radius 2 is 1.92 bits per heavy atom. The first-order valence-corrected chi connectivity index (χ1v) is 9.09. The quantitative estimate of drug-likeness (QED) is 0.654. The summed E-state index contributed by atoms with van der Waals surface area (Å²) in [5.74, 6) is 0.836. The van der Waals surface area contributed by atoms with Crippen molar-refractivity contribution in [2.45, 2.75) is 25.3 Å². The molecule has 0 unspecified atom stereocenters. The van der Waals surface area contributed by atoms with Crippen LogP contribution in [0.25, 0.3) is 0 Å². The van der Waals surface area contributed by atoms with Crippen LogP contribution in [-0.4, -0.2) is 29.6 Å². The van der Waals surface area contributed by atoms with Crippen molar-refractivity contribution in [1.29, 1.82) is 5.53 Å². The maximum atomic E-state index is 9.65. The summed E-state index contributed by atoms with van der Waals surface area (Å²) in [4.78, 5) is 2.34. The monoisotopic (exact) mass is 350 g/mol. The SMILES string of the molecule is N=N/C(=C\NCc1ccccc1)CN1CCC(c2cccc(O)c2)CC1. The number of hydrogen-bond donors (Lipinski definition) is 3. The van der Waals surface area contributed by atoms with E-state index in [9.17, 15) is 5.11 Å². The summed E-state index contributed by atoms with van der Waals surface area (Å²) in [6.07, 6.45) is 3.97. The molecule has 1 heterocycles. The van der Waals surface area contributed by atoms with E-state index in [0.717, 1.165) is 38.2 Å². The van der Waals surface area contributed by atoms with Gasteiger partial charge < -0.3 is 10.4 Å². The summed E-state index contributed by atoms with van der Waals surface area (Å²) in [5.41, 5.74) is 10.6. The number of likely N-dealkylation sites (tertiary alicyclic amines) is 1. The van der Waals surface area contributed by atoms with Crippen molar-refractivity contribution in [2.75, 3.05) is 19.6 Å². The fourth-order valence-electron chi connectivity index (χ4n) is 3.43. The van der Waals surface area contributed by atoms with Crippen LogP contribution in [0.5, 0.6) is 5.75 Å². The molecule has 1 aliphatic heterocycles. The van der Waals surface area contributed by atoms with Crippen LogP contribution < -0.4 is 5.32 Å². The van der Waals surface area contributed by atoms with Crippen LogP contribution in [0.3, 0.4) is 0 Å². The second-order valence-electron chi connectivity index (χ2n) is 6.76. The Morgan fingerprint density at radius 1 is 1.15 bits per heavy atom. The average Bonchev–Trinajstić information content (AvgIpc) is 2.68. The summed E-state index contributed by atoms with van der Waals surface area (Å²) in [7, 11) is 0. The van der Waals surface area contributed by atoms with Crippen LogP contribution in [0.1, 0.15) is 29.9 Å². The molecule has 0 amide bonds. The molecule has 0 radical (unpaired) electrons. The number of nitrogens with one attached hydrogen (secondary N) is 2. The predicted octanol–water partition coefficient (Wildman–Crippen LogP) is 4.23. The Labute approximate surface area is 154 Å².